The van der Waals surface area contributed by atoms with Crippen LogP contribution < -0.4 is 11.1 Å². The Balaban J connectivity index is 2.04. The number of nitrogens with two attached hydrogens (primary N) is 1. The average molecular weight is 448 g/mol. The Kier molecular flexibility index (Phi) is 8.08. The number of carbonyl (C=O) groups excluding carboxylic acids is 1. The van der Waals surface area contributed by atoms with Gasteiger partial charge in [-0.05, 0) is 57.5 Å². The zero-order valence-electron chi connectivity index (χ0n) is 16.4. The fourth-order valence-corrected chi connectivity index (χ4v) is 4.22. The van der Waals surface area contributed by atoms with Crippen molar-refractivity contribution in [2.24, 2.45) is 5.73 Å². The second-order valence-electron chi connectivity index (χ2n) is 7.05. The monoisotopic (exact) mass is 447 g/mol. The van der Waals surface area contributed by atoms with Gasteiger partial charge in [0, 0.05) is 23.2 Å². The molecular formula is C20H25ClF3N3OS. The molecule has 4 nitrogen and oxygen atoms in total. The van der Waals surface area contributed by atoms with Gasteiger partial charge >= 0.3 is 6.18 Å². The highest BCUT2D eigenvalue weighted by Crippen LogP contribution is 2.39. The van der Waals surface area contributed by atoms with E-state index in [-0.39, 0.29) is 32.0 Å². The van der Waals surface area contributed by atoms with E-state index >= 15 is 0 Å². The van der Waals surface area contributed by atoms with Gasteiger partial charge in [0.05, 0.1) is 15.5 Å². The van der Waals surface area contributed by atoms with Gasteiger partial charge in [0.25, 0.3) is 5.91 Å². The second-order valence-corrected chi connectivity index (χ2v) is 8.56. The van der Waals surface area contributed by atoms with Crippen LogP contribution in [0.15, 0.2) is 35.4 Å². The van der Waals surface area contributed by atoms with Crippen molar-refractivity contribution in [3.05, 3.63) is 51.5 Å². The van der Waals surface area contributed by atoms with Gasteiger partial charge in [-0.25, -0.2) is 0 Å². The van der Waals surface area contributed by atoms with Gasteiger partial charge in [-0.2, -0.15) is 13.2 Å². The van der Waals surface area contributed by atoms with Crippen molar-refractivity contribution < 1.29 is 18.0 Å². The van der Waals surface area contributed by atoms with E-state index in [2.05, 4.69) is 23.8 Å². The van der Waals surface area contributed by atoms with E-state index < -0.39 is 11.7 Å². The SMILES string of the molecule is C=C(S/C(C(=O)NCCC1CCCN1C)=C(/C)N)c1ccc(Cl)c(C(F)(F)F)c1. The second kappa shape index (κ2) is 9.91. The van der Waals surface area contributed by atoms with Crippen molar-refractivity contribution in [2.75, 3.05) is 20.1 Å². The standard InChI is InChI=1S/C20H25ClF3N3OS/c1-12(25)18(19(28)26-9-8-15-5-4-10-27(15)3)29-13(2)14-6-7-17(21)16(11-14)20(22,23)24/h6-7,11,15H,2,4-5,8-10,25H2,1,3H3,(H,26,28)/b18-12-. The Morgan fingerprint density at radius 3 is 2.69 bits per heavy atom. The normalized spacial score (nSPS) is 18.5. The summed E-state index contributed by atoms with van der Waals surface area (Å²) in [6.07, 6.45) is -1.49. The third kappa shape index (κ3) is 6.42. The van der Waals surface area contributed by atoms with Crippen LogP contribution in [-0.2, 0) is 11.0 Å². The molecule has 0 saturated carbocycles. The number of halogens is 4. The molecule has 1 atom stereocenters. The molecule has 0 spiro atoms. The molecule has 3 N–H and O–H groups in total. The Morgan fingerprint density at radius 1 is 1.45 bits per heavy atom. The zero-order valence-corrected chi connectivity index (χ0v) is 18.0. The highest BCUT2D eigenvalue weighted by atomic mass is 35.5. The minimum absolute atomic E-state index is 0.221. The number of hydrogen-bond acceptors (Lipinski definition) is 4. The van der Waals surface area contributed by atoms with E-state index in [9.17, 15) is 18.0 Å². The first-order chi connectivity index (χ1) is 13.5. The fraction of sp³-hybridized carbons (Fsp3) is 0.450. The quantitative estimate of drug-likeness (QED) is 0.586. The van der Waals surface area contributed by atoms with Gasteiger partial charge in [0.1, 0.15) is 0 Å². The number of carbonyl (C=O) groups is 1. The molecule has 0 radical (unpaired) electrons. The molecule has 1 aliphatic rings. The molecule has 0 aliphatic carbocycles. The predicted molar refractivity (Wildman–Crippen MR) is 113 cm³/mol. The Labute approximate surface area is 178 Å². The van der Waals surface area contributed by atoms with E-state index in [1.165, 1.54) is 12.1 Å². The number of rotatable bonds is 7. The number of nitrogens with zero attached hydrogens (tertiary/aromatic N) is 1. The molecule has 1 amide bonds. The number of hydrogen-bond donors (Lipinski definition) is 2. The summed E-state index contributed by atoms with van der Waals surface area (Å²) >= 11 is 6.61. The third-order valence-corrected chi connectivity index (χ3v) is 6.34. The van der Waals surface area contributed by atoms with Crippen molar-refractivity contribution in [3.63, 3.8) is 0 Å². The zero-order chi connectivity index (χ0) is 21.8. The molecule has 1 fully saturated rings. The molecule has 1 aromatic rings. The van der Waals surface area contributed by atoms with Crippen molar-refractivity contribution >= 4 is 34.2 Å². The molecule has 29 heavy (non-hydrogen) atoms. The van der Waals surface area contributed by atoms with Gasteiger partial charge in [-0.15, -0.1) is 0 Å². The molecular weight excluding hydrogens is 423 g/mol. The fourth-order valence-electron chi connectivity index (χ4n) is 3.18. The molecule has 1 aromatic carbocycles. The van der Waals surface area contributed by atoms with Crippen LogP contribution in [0, 0.1) is 0 Å². The maximum atomic E-state index is 13.1. The molecule has 9 heteroatoms. The number of amides is 1. The number of benzene rings is 1. The summed E-state index contributed by atoms with van der Waals surface area (Å²) in [5.74, 6) is -0.359. The topological polar surface area (TPSA) is 58.4 Å². The van der Waals surface area contributed by atoms with Gasteiger partial charge in [0.2, 0.25) is 0 Å². The van der Waals surface area contributed by atoms with Crippen molar-refractivity contribution in [2.45, 2.75) is 38.4 Å². The van der Waals surface area contributed by atoms with Gasteiger partial charge < -0.3 is 16.0 Å². The van der Waals surface area contributed by atoms with Crippen LogP contribution in [-0.4, -0.2) is 37.0 Å². The largest absolute Gasteiger partial charge is 0.417 e. The van der Waals surface area contributed by atoms with Crippen LogP contribution in [0.5, 0.6) is 0 Å². The van der Waals surface area contributed by atoms with E-state index in [1.807, 2.05) is 0 Å². The predicted octanol–water partition coefficient (Wildman–Crippen LogP) is 4.85. The van der Waals surface area contributed by atoms with Gasteiger partial charge in [-0.3, -0.25) is 4.79 Å². The van der Waals surface area contributed by atoms with E-state index in [0.29, 0.717) is 12.6 Å². The van der Waals surface area contributed by atoms with E-state index in [4.69, 9.17) is 17.3 Å². The molecule has 1 unspecified atom stereocenters. The number of alkyl halides is 3. The van der Waals surface area contributed by atoms with Crippen molar-refractivity contribution in [1.29, 1.82) is 0 Å². The van der Waals surface area contributed by atoms with Crippen LogP contribution in [0.4, 0.5) is 13.2 Å². The number of nitrogens with one attached hydrogen (secondary N) is 1. The van der Waals surface area contributed by atoms with Crippen LogP contribution >= 0.6 is 23.4 Å². The number of likely N-dealkylation sites (tertiary alicyclic amines) is 1. The van der Waals surface area contributed by atoms with Crippen molar-refractivity contribution in [3.8, 4) is 0 Å². The van der Waals surface area contributed by atoms with Crippen LogP contribution in [0.25, 0.3) is 4.91 Å². The van der Waals surface area contributed by atoms with Crippen LogP contribution in [0.1, 0.15) is 37.3 Å². The van der Waals surface area contributed by atoms with Gasteiger partial charge in [0.15, 0.2) is 0 Å². The Bertz CT molecular complexity index is 807. The van der Waals surface area contributed by atoms with Crippen LogP contribution in [0.2, 0.25) is 5.02 Å². The van der Waals surface area contributed by atoms with Crippen LogP contribution in [0.3, 0.4) is 0 Å². The number of allylic oxidation sites excluding steroid dienone is 1. The average Bonchev–Trinajstić information content (AvgIpc) is 3.03. The summed E-state index contributed by atoms with van der Waals surface area (Å²) in [5, 5.41) is 2.46. The minimum Gasteiger partial charge on any atom is -0.401 e. The van der Waals surface area contributed by atoms with Crippen molar-refractivity contribution in [1.82, 2.24) is 10.2 Å². The summed E-state index contributed by atoms with van der Waals surface area (Å²) in [6, 6.07) is 3.97. The summed E-state index contributed by atoms with van der Waals surface area (Å²) in [7, 11) is 2.07. The molecule has 1 aliphatic heterocycles. The smallest absolute Gasteiger partial charge is 0.401 e. The molecule has 1 heterocycles. The Morgan fingerprint density at radius 2 is 2.14 bits per heavy atom. The van der Waals surface area contributed by atoms with Gasteiger partial charge in [-0.1, -0.05) is 36.0 Å². The minimum atomic E-state index is -4.58. The lowest BCUT2D eigenvalue weighted by atomic mass is 10.1. The van der Waals surface area contributed by atoms with E-state index in [0.717, 1.165) is 43.6 Å². The summed E-state index contributed by atoms with van der Waals surface area (Å²) in [4.78, 5) is 15.3. The lowest BCUT2D eigenvalue weighted by Gasteiger charge is -2.19. The molecule has 1 saturated heterocycles. The lowest BCUT2D eigenvalue weighted by Crippen LogP contribution is -2.32. The first kappa shape index (κ1) is 23.6. The highest BCUT2D eigenvalue weighted by molar-refractivity contribution is 8.12. The molecule has 160 valence electrons. The molecule has 0 bridgehead atoms. The Hall–Kier alpha value is -1.64. The third-order valence-electron chi connectivity index (χ3n) is 4.82. The lowest BCUT2D eigenvalue weighted by molar-refractivity contribution is -0.137. The highest BCUT2D eigenvalue weighted by Gasteiger charge is 2.33. The van der Waals surface area contributed by atoms with E-state index in [1.54, 1.807) is 6.92 Å². The first-order valence-electron chi connectivity index (χ1n) is 9.19. The maximum absolute atomic E-state index is 13.1. The first-order valence-corrected chi connectivity index (χ1v) is 10.4. The maximum Gasteiger partial charge on any atom is 0.417 e. The summed E-state index contributed by atoms with van der Waals surface area (Å²) in [5.41, 5.74) is 5.41. The summed E-state index contributed by atoms with van der Waals surface area (Å²) in [6.45, 7) is 6.94. The molecule has 0 aromatic heterocycles. The number of thioether (sulfide) groups is 1. The molecule has 2 rings (SSSR count). The summed E-state index contributed by atoms with van der Waals surface area (Å²) < 4.78 is 39.3.